The molecule has 0 saturated heterocycles. The van der Waals surface area contributed by atoms with Gasteiger partial charge in [-0.05, 0) is 19.4 Å². The highest BCUT2D eigenvalue weighted by atomic mass is 16.5. The number of rotatable bonds is 7. The second kappa shape index (κ2) is 9.12. The van der Waals surface area contributed by atoms with E-state index in [0.29, 0.717) is 34.9 Å². The molecule has 170 valence electrons. The number of allylic oxidation sites excluding steroid dienone is 1. The number of aryl methyl sites for hydroxylation is 2. The number of nitrogens with two attached hydrogens (primary N) is 1. The van der Waals surface area contributed by atoms with Crippen molar-refractivity contribution in [1.29, 1.82) is 5.26 Å². The highest BCUT2D eigenvalue weighted by molar-refractivity contribution is 5.59. The number of nitriles is 1. The smallest absolute Gasteiger partial charge is 0.258 e. The van der Waals surface area contributed by atoms with Crippen LogP contribution in [0.2, 0.25) is 0 Å². The molecule has 9 nitrogen and oxygen atoms in total. The lowest BCUT2D eigenvalue weighted by Gasteiger charge is -2.28. The lowest BCUT2D eigenvalue weighted by molar-refractivity contribution is 0.378. The van der Waals surface area contributed by atoms with Crippen LogP contribution in [0, 0.1) is 18.3 Å². The van der Waals surface area contributed by atoms with Crippen molar-refractivity contribution in [3.63, 3.8) is 0 Å². The van der Waals surface area contributed by atoms with E-state index in [0.717, 1.165) is 18.7 Å². The van der Waals surface area contributed by atoms with Crippen LogP contribution in [0.1, 0.15) is 29.2 Å². The van der Waals surface area contributed by atoms with Crippen LogP contribution in [-0.2, 0) is 13.1 Å². The van der Waals surface area contributed by atoms with Crippen molar-refractivity contribution in [1.82, 2.24) is 14.1 Å². The minimum absolute atomic E-state index is 0.0236. The van der Waals surface area contributed by atoms with Crippen molar-refractivity contribution in [2.24, 2.45) is 5.73 Å². The third-order valence-electron chi connectivity index (χ3n) is 5.80. The number of hydrogen-bond acceptors (Lipinski definition) is 7. The number of nitrogens with zero attached hydrogens (tertiary/aromatic N) is 4. The van der Waals surface area contributed by atoms with Crippen molar-refractivity contribution in [3.8, 4) is 23.3 Å². The average molecular weight is 447 g/mol. The first-order chi connectivity index (χ1) is 16.0. The van der Waals surface area contributed by atoms with Gasteiger partial charge in [-0.3, -0.25) is 4.79 Å². The van der Waals surface area contributed by atoms with Gasteiger partial charge in [-0.25, -0.2) is 4.98 Å². The van der Waals surface area contributed by atoms with Gasteiger partial charge in [0, 0.05) is 48.9 Å². The molecule has 9 heteroatoms. The van der Waals surface area contributed by atoms with Crippen molar-refractivity contribution in [2.75, 3.05) is 14.2 Å². The van der Waals surface area contributed by atoms with Crippen LogP contribution < -0.4 is 25.5 Å². The topological polar surface area (TPSA) is 117 Å². The first-order valence-electron chi connectivity index (χ1n) is 10.5. The van der Waals surface area contributed by atoms with Crippen LogP contribution in [-0.4, -0.2) is 28.3 Å². The Morgan fingerprint density at radius 3 is 2.73 bits per heavy atom. The molecule has 0 amide bonds. The maximum atomic E-state index is 13.7. The van der Waals surface area contributed by atoms with Gasteiger partial charge < -0.3 is 29.1 Å². The Balaban J connectivity index is 1.82. The fourth-order valence-electron chi connectivity index (χ4n) is 4.16. The molecule has 0 spiro atoms. The molecule has 0 radical (unpaired) electrons. The van der Waals surface area contributed by atoms with Gasteiger partial charge in [-0.2, -0.15) is 5.26 Å². The number of ether oxygens (including phenoxy) is 3. The predicted octanol–water partition coefficient (Wildman–Crippen LogP) is 2.68. The first-order valence-corrected chi connectivity index (χ1v) is 10.5. The summed E-state index contributed by atoms with van der Waals surface area (Å²) in [5.41, 5.74) is 7.78. The van der Waals surface area contributed by atoms with Gasteiger partial charge in [0.2, 0.25) is 5.88 Å². The minimum atomic E-state index is -0.729. The van der Waals surface area contributed by atoms with E-state index in [2.05, 4.69) is 11.1 Å². The molecule has 3 heterocycles. The monoisotopic (exact) mass is 447 g/mol. The summed E-state index contributed by atoms with van der Waals surface area (Å²) in [5, 5.41) is 9.89. The standard InChI is InChI=1S/C24H25N5O4/c1-15-11-20-22(24(30)29(15)9-4-8-28-10-7-27-14-28)21(18(13-25)23(26)33-20)17-6-5-16(31-2)12-19(17)32-3/h5-7,10-12,14,21H,4,8-9,26H2,1-3H3. The van der Waals surface area contributed by atoms with E-state index >= 15 is 0 Å². The van der Waals surface area contributed by atoms with E-state index in [1.807, 2.05) is 17.7 Å². The second-order valence-corrected chi connectivity index (χ2v) is 7.71. The Bertz CT molecular complexity index is 1300. The molecule has 4 rings (SSSR count). The van der Waals surface area contributed by atoms with Gasteiger partial charge in [0.15, 0.2) is 0 Å². The van der Waals surface area contributed by atoms with E-state index < -0.39 is 5.92 Å². The van der Waals surface area contributed by atoms with E-state index in [9.17, 15) is 10.1 Å². The Morgan fingerprint density at radius 2 is 2.06 bits per heavy atom. The summed E-state index contributed by atoms with van der Waals surface area (Å²) in [6, 6.07) is 9.18. The van der Waals surface area contributed by atoms with Crippen LogP contribution in [0.25, 0.3) is 0 Å². The second-order valence-electron chi connectivity index (χ2n) is 7.71. The van der Waals surface area contributed by atoms with Crippen molar-refractivity contribution >= 4 is 0 Å². The Hall–Kier alpha value is -4.19. The van der Waals surface area contributed by atoms with E-state index in [1.165, 1.54) is 7.11 Å². The number of methoxy groups -OCH3 is 2. The number of imidazole rings is 1. The third kappa shape index (κ3) is 4.03. The lowest BCUT2D eigenvalue weighted by atomic mass is 9.83. The maximum absolute atomic E-state index is 13.7. The highest BCUT2D eigenvalue weighted by Gasteiger charge is 2.36. The molecule has 2 aromatic heterocycles. The van der Waals surface area contributed by atoms with E-state index in [4.69, 9.17) is 19.9 Å². The highest BCUT2D eigenvalue weighted by Crippen LogP contribution is 2.44. The van der Waals surface area contributed by atoms with Crippen LogP contribution in [0.15, 0.2) is 59.2 Å². The number of aromatic nitrogens is 3. The number of fused-ring (bicyclic) bond motifs is 1. The van der Waals surface area contributed by atoms with Crippen LogP contribution in [0.4, 0.5) is 0 Å². The summed E-state index contributed by atoms with van der Waals surface area (Å²) in [6.07, 6.45) is 6.08. The zero-order chi connectivity index (χ0) is 23.5. The molecule has 33 heavy (non-hydrogen) atoms. The molecular weight excluding hydrogens is 422 g/mol. The van der Waals surface area contributed by atoms with Crippen LogP contribution >= 0.6 is 0 Å². The van der Waals surface area contributed by atoms with Crippen molar-refractivity contribution in [3.05, 3.63) is 81.6 Å². The largest absolute Gasteiger partial charge is 0.497 e. The SMILES string of the molecule is COc1ccc(C2C(C#N)=C(N)Oc3cc(C)n(CCCn4ccnc4)c(=O)c32)c(OC)c1. The lowest BCUT2D eigenvalue weighted by Crippen LogP contribution is -2.33. The summed E-state index contributed by atoms with van der Waals surface area (Å²) in [5.74, 6) is 0.679. The molecule has 0 aliphatic carbocycles. The number of benzene rings is 1. The Kier molecular flexibility index (Phi) is 6.09. The normalized spacial score (nSPS) is 14.9. The molecule has 3 aromatic rings. The van der Waals surface area contributed by atoms with Gasteiger partial charge in [0.25, 0.3) is 5.56 Å². The molecule has 1 aliphatic heterocycles. The maximum Gasteiger partial charge on any atom is 0.258 e. The number of pyridine rings is 1. The third-order valence-corrected chi connectivity index (χ3v) is 5.80. The predicted molar refractivity (Wildman–Crippen MR) is 121 cm³/mol. The minimum Gasteiger partial charge on any atom is -0.497 e. The van der Waals surface area contributed by atoms with Gasteiger partial charge in [0.1, 0.15) is 28.9 Å². The summed E-state index contributed by atoms with van der Waals surface area (Å²) in [7, 11) is 3.09. The van der Waals surface area contributed by atoms with Gasteiger partial charge >= 0.3 is 0 Å². The summed E-state index contributed by atoms with van der Waals surface area (Å²) in [4.78, 5) is 17.8. The van der Waals surface area contributed by atoms with Crippen molar-refractivity contribution < 1.29 is 14.2 Å². The Labute approximate surface area is 191 Å². The van der Waals surface area contributed by atoms with E-state index in [1.54, 1.807) is 48.5 Å². The summed E-state index contributed by atoms with van der Waals surface area (Å²) >= 11 is 0. The Morgan fingerprint density at radius 1 is 1.24 bits per heavy atom. The summed E-state index contributed by atoms with van der Waals surface area (Å²) in [6.45, 7) is 3.08. The summed E-state index contributed by atoms with van der Waals surface area (Å²) < 4.78 is 20.3. The number of hydrogen-bond donors (Lipinski definition) is 1. The molecule has 2 N–H and O–H groups in total. The van der Waals surface area contributed by atoms with Crippen LogP contribution in [0.3, 0.4) is 0 Å². The molecule has 0 bridgehead atoms. The van der Waals surface area contributed by atoms with Gasteiger partial charge in [-0.1, -0.05) is 6.07 Å². The van der Waals surface area contributed by atoms with Crippen molar-refractivity contribution in [2.45, 2.75) is 32.4 Å². The molecule has 1 aromatic carbocycles. The fourth-order valence-corrected chi connectivity index (χ4v) is 4.16. The zero-order valence-corrected chi connectivity index (χ0v) is 18.7. The molecule has 1 atom stereocenters. The van der Waals surface area contributed by atoms with Crippen LogP contribution in [0.5, 0.6) is 17.2 Å². The molecular formula is C24H25N5O4. The quantitative estimate of drug-likeness (QED) is 0.592. The molecule has 0 fully saturated rings. The fraction of sp³-hybridized carbons (Fsp3) is 0.292. The van der Waals surface area contributed by atoms with Gasteiger partial charge in [-0.15, -0.1) is 0 Å². The first kappa shape index (κ1) is 22.0. The zero-order valence-electron chi connectivity index (χ0n) is 18.7. The molecule has 1 aliphatic rings. The molecule has 0 saturated carbocycles. The van der Waals surface area contributed by atoms with Gasteiger partial charge in [0.05, 0.1) is 32.0 Å². The average Bonchev–Trinajstić information content (AvgIpc) is 3.33. The van der Waals surface area contributed by atoms with E-state index in [-0.39, 0.29) is 17.0 Å². The molecule has 1 unspecified atom stereocenters.